The summed E-state index contributed by atoms with van der Waals surface area (Å²) < 4.78 is 2.04. The highest BCUT2D eigenvalue weighted by molar-refractivity contribution is 6.02. The van der Waals surface area contributed by atoms with Crippen LogP contribution in [-0.2, 0) is 7.05 Å². The zero-order valence-corrected chi connectivity index (χ0v) is 15.7. The molecule has 2 fully saturated rings. The van der Waals surface area contributed by atoms with Crippen LogP contribution in [0.4, 0.5) is 0 Å². The lowest BCUT2D eigenvalue weighted by Gasteiger charge is -2.41. The van der Waals surface area contributed by atoms with E-state index in [1.165, 1.54) is 12.0 Å². The third-order valence-electron chi connectivity index (χ3n) is 6.76. The van der Waals surface area contributed by atoms with Gasteiger partial charge in [0.2, 0.25) is 0 Å². The molecule has 2 atom stereocenters. The normalized spacial score (nSPS) is 27.1. The van der Waals surface area contributed by atoms with Gasteiger partial charge in [0.25, 0.3) is 5.91 Å². The molecule has 25 heavy (non-hydrogen) atoms. The van der Waals surface area contributed by atoms with Gasteiger partial charge in [0.1, 0.15) is 5.69 Å². The first-order chi connectivity index (χ1) is 11.8. The highest BCUT2D eigenvalue weighted by Crippen LogP contribution is 2.44. The molecule has 1 saturated heterocycles. The van der Waals surface area contributed by atoms with Crippen LogP contribution >= 0.6 is 0 Å². The molecule has 1 aliphatic heterocycles. The zero-order chi connectivity index (χ0) is 17.9. The van der Waals surface area contributed by atoms with Crippen molar-refractivity contribution >= 4 is 16.8 Å². The zero-order valence-electron chi connectivity index (χ0n) is 15.7. The predicted octanol–water partition coefficient (Wildman–Crippen LogP) is 3.42. The van der Waals surface area contributed by atoms with Crippen molar-refractivity contribution in [3.8, 4) is 0 Å². The van der Waals surface area contributed by atoms with E-state index in [2.05, 4.69) is 26.0 Å². The number of fused-ring (bicyclic) bond motifs is 1. The van der Waals surface area contributed by atoms with Crippen LogP contribution in [0.15, 0.2) is 18.2 Å². The van der Waals surface area contributed by atoms with Crippen LogP contribution < -0.4 is 0 Å². The summed E-state index contributed by atoms with van der Waals surface area (Å²) in [5.74, 6) is 0.548. The van der Waals surface area contributed by atoms with E-state index in [-0.39, 0.29) is 11.8 Å². The molecule has 1 aromatic heterocycles. The number of carbonyl (C=O) groups excluding carboxylic acids is 1. The molecule has 0 bridgehead atoms. The van der Waals surface area contributed by atoms with Crippen molar-refractivity contribution in [2.75, 3.05) is 13.1 Å². The van der Waals surface area contributed by atoms with Crippen molar-refractivity contribution in [3.05, 3.63) is 35.0 Å². The first-order valence-electron chi connectivity index (χ1n) is 9.41. The van der Waals surface area contributed by atoms with E-state index in [4.69, 9.17) is 0 Å². The quantitative estimate of drug-likeness (QED) is 0.910. The van der Waals surface area contributed by atoms with Gasteiger partial charge in [-0.15, -0.1) is 0 Å². The Morgan fingerprint density at radius 1 is 1.28 bits per heavy atom. The molecule has 1 aliphatic carbocycles. The van der Waals surface area contributed by atoms with Crippen LogP contribution in [0.1, 0.15) is 47.8 Å². The van der Waals surface area contributed by atoms with E-state index >= 15 is 0 Å². The van der Waals surface area contributed by atoms with Gasteiger partial charge in [-0.2, -0.15) is 0 Å². The lowest BCUT2D eigenvalue weighted by Crippen LogP contribution is -2.48. The second kappa shape index (κ2) is 5.60. The minimum atomic E-state index is -0.706. The number of hydrogen-bond acceptors (Lipinski definition) is 2. The van der Waals surface area contributed by atoms with Crippen molar-refractivity contribution < 1.29 is 9.90 Å². The summed E-state index contributed by atoms with van der Waals surface area (Å²) in [4.78, 5) is 15.2. The predicted molar refractivity (Wildman–Crippen MR) is 99.8 cm³/mol. The van der Waals surface area contributed by atoms with Crippen LogP contribution in [0.3, 0.4) is 0 Å². The first kappa shape index (κ1) is 16.6. The van der Waals surface area contributed by atoms with Crippen molar-refractivity contribution in [1.29, 1.82) is 0 Å². The van der Waals surface area contributed by atoms with Crippen molar-refractivity contribution in [3.63, 3.8) is 0 Å². The molecule has 1 amide bonds. The number of para-hydroxylation sites is 1. The Kier molecular flexibility index (Phi) is 3.73. The minimum absolute atomic E-state index is 0.0534. The number of β-amino-alcohol motifs (C(OH)–C–C–N with tert-alkyl or cyclic N) is 1. The maximum absolute atomic E-state index is 13.3. The Bertz CT molecular complexity index is 849. The van der Waals surface area contributed by atoms with E-state index < -0.39 is 5.60 Å². The Balaban J connectivity index is 1.70. The van der Waals surface area contributed by atoms with E-state index in [0.29, 0.717) is 19.0 Å². The molecular formula is C21H28N2O2. The fourth-order valence-electron chi connectivity index (χ4n) is 4.96. The molecule has 2 aliphatic rings. The topological polar surface area (TPSA) is 45.5 Å². The molecule has 0 unspecified atom stereocenters. The van der Waals surface area contributed by atoms with E-state index in [0.717, 1.165) is 35.0 Å². The highest BCUT2D eigenvalue weighted by atomic mass is 16.3. The Labute approximate surface area is 149 Å². The molecule has 2 heterocycles. The van der Waals surface area contributed by atoms with E-state index in [1.54, 1.807) is 0 Å². The lowest BCUT2D eigenvalue weighted by atomic mass is 9.69. The van der Waals surface area contributed by atoms with Crippen molar-refractivity contribution in [1.82, 2.24) is 9.47 Å². The van der Waals surface area contributed by atoms with Gasteiger partial charge in [-0.3, -0.25) is 4.79 Å². The SMILES string of the molecule is Cc1c(C(=O)N2C[C@@H](C)[C@](O)(C3CCC3)C2)n(C)c2c(C)cccc12. The molecule has 1 aromatic carbocycles. The molecule has 1 saturated carbocycles. The van der Waals surface area contributed by atoms with Crippen LogP contribution in [0.5, 0.6) is 0 Å². The molecule has 4 heteroatoms. The number of aryl methyl sites for hydroxylation is 3. The molecule has 134 valence electrons. The highest BCUT2D eigenvalue weighted by Gasteiger charge is 2.51. The van der Waals surface area contributed by atoms with Crippen LogP contribution in [0.2, 0.25) is 0 Å². The Hall–Kier alpha value is -1.81. The second-order valence-corrected chi connectivity index (χ2v) is 8.21. The molecule has 0 spiro atoms. The molecule has 4 nitrogen and oxygen atoms in total. The summed E-state index contributed by atoms with van der Waals surface area (Å²) in [5, 5.41) is 12.3. The smallest absolute Gasteiger partial charge is 0.270 e. The fraction of sp³-hybridized carbons (Fsp3) is 0.571. The number of aliphatic hydroxyl groups is 1. The van der Waals surface area contributed by atoms with Gasteiger partial charge in [0, 0.05) is 24.9 Å². The summed E-state index contributed by atoms with van der Waals surface area (Å²) in [6, 6.07) is 6.22. The summed E-state index contributed by atoms with van der Waals surface area (Å²) in [7, 11) is 1.98. The standard InChI is InChI=1S/C21H28N2O2/c1-13-7-5-10-17-15(3)19(22(4)18(13)17)20(24)23-11-14(2)21(25,12-23)16-8-6-9-16/h5,7,10,14,16,25H,6,8-9,11-12H2,1-4H3/t14-,21+/m1/s1. The van der Waals surface area contributed by atoms with E-state index in [9.17, 15) is 9.90 Å². The fourth-order valence-corrected chi connectivity index (χ4v) is 4.96. The summed E-state index contributed by atoms with van der Waals surface area (Å²) >= 11 is 0. The van der Waals surface area contributed by atoms with Gasteiger partial charge < -0.3 is 14.6 Å². The van der Waals surface area contributed by atoms with Crippen molar-refractivity contribution in [2.45, 2.75) is 45.6 Å². The molecule has 1 N–H and O–H groups in total. The average molecular weight is 340 g/mol. The monoisotopic (exact) mass is 340 g/mol. The molecular weight excluding hydrogens is 312 g/mol. The Morgan fingerprint density at radius 2 is 2.00 bits per heavy atom. The van der Waals surface area contributed by atoms with Gasteiger partial charge in [-0.25, -0.2) is 0 Å². The number of likely N-dealkylation sites (tertiary alicyclic amines) is 1. The van der Waals surface area contributed by atoms with Gasteiger partial charge >= 0.3 is 0 Å². The first-order valence-corrected chi connectivity index (χ1v) is 9.41. The number of hydrogen-bond donors (Lipinski definition) is 1. The summed E-state index contributed by atoms with van der Waals surface area (Å²) in [6.07, 6.45) is 3.39. The van der Waals surface area contributed by atoms with Crippen molar-refractivity contribution in [2.24, 2.45) is 18.9 Å². The summed E-state index contributed by atoms with van der Waals surface area (Å²) in [5.41, 5.74) is 3.41. The maximum Gasteiger partial charge on any atom is 0.270 e. The second-order valence-electron chi connectivity index (χ2n) is 8.21. The largest absolute Gasteiger partial charge is 0.387 e. The third-order valence-corrected chi connectivity index (χ3v) is 6.76. The van der Waals surface area contributed by atoms with Crippen LogP contribution in [0, 0.1) is 25.7 Å². The van der Waals surface area contributed by atoms with Crippen LogP contribution in [-0.4, -0.2) is 39.2 Å². The Morgan fingerprint density at radius 3 is 2.60 bits per heavy atom. The van der Waals surface area contributed by atoms with Gasteiger partial charge in [-0.05, 0) is 43.7 Å². The maximum atomic E-state index is 13.3. The van der Waals surface area contributed by atoms with E-state index in [1.807, 2.05) is 29.5 Å². The number of aromatic nitrogens is 1. The number of rotatable bonds is 2. The molecule has 4 rings (SSSR count). The number of amides is 1. The minimum Gasteiger partial charge on any atom is -0.387 e. The lowest BCUT2D eigenvalue weighted by molar-refractivity contribution is -0.0660. The van der Waals surface area contributed by atoms with Gasteiger partial charge in [0.05, 0.1) is 17.7 Å². The number of carbonyl (C=O) groups is 1. The molecule has 2 aromatic rings. The average Bonchev–Trinajstić information content (AvgIpc) is 2.94. The summed E-state index contributed by atoms with van der Waals surface area (Å²) in [6.45, 7) is 7.32. The number of benzene rings is 1. The molecule has 0 radical (unpaired) electrons. The third kappa shape index (κ3) is 2.27. The number of nitrogens with zero attached hydrogens (tertiary/aromatic N) is 2. The van der Waals surface area contributed by atoms with Gasteiger partial charge in [-0.1, -0.05) is 31.5 Å². The van der Waals surface area contributed by atoms with Crippen LogP contribution in [0.25, 0.3) is 10.9 Å². The van der Waals surface area contributed by atoms with Gasteiger partial charge in [0.15, 0.2) is 0 Å².